The van der Waals surface area contributed by atoms with Crippen molar-refractivity contribution in [3.63, 3.8) is 0 Å². The van der Waals surface area contributed by atoms with E-state index < -0.39 is 6.04 Å². The van der Waals surface area contributed by atoms with E-state index in [2.05, 4.69) is 21.2 Å². The fourth-order valence-corrected chi connectivity index (χ4v) is 3.48. The van der Waals surface area contributed by atoms with Crippen LogP contribution in [0.15, 0.2) is 46.9 Å². The number of amides is 2. The number of hydrogen-bond acceptors (Lipinski definition) is 2. The predicted octanol–water partition coefficient (Wildman–Crippen LogP) is 4.46. The zero-order chi connectivity index (χ0) is 19.3. The van der Waals surface area contributed by atoms with E-state index in [1.807, 2.05) is 24.3 Å². The van der Waals surface area contributed by atoms with Crippen molar-refractivity contribution >= 4 is 50.9 Å². The maximum atomic E-state index is 12.9. The molecule has 2 aromatic carbocycles. The molecular formula is C19H19BrCl2N2O2. The van der Waals surface area contributed by atoms with E-state index >= 15 is 0 Å². The van der Waals surface area contributed by atoms with Crippen LogP contribution < -0.4 is 5.32 Å². The van der Waals surface area contributed by atoms with Crippen molar-refractivity contribution in [1.82, 2.24) is 10.2 Å². The van der Waals surface area contributed by atoms with Gasteiger partial charge in [-0.2, -0.15) is 0 Å². The Bertz CT molecular complexity index is 814. The predicted molar refractivity (Wildman–Crippen MR) is 108 cm³/mol. The van der Waals surface area contributed by atoms with Crippen LogP contribution in [0.4, 0.5) is 0 Å². The number of likely N-dealkylation sites (N-methyl/N-ethyl adjacent to an activating group) is 1. The van der Waals surface area contributed by atoms with E-state index in [1.165, 1.54) is 0 Å². The highest BCUT2D eigenvalue weighted by Crippen LogP contribution is 2.23. The van der Waals surface area contributed by atoms with Crippen molar-refractivity contribution in [2.24, 2.45) is 0 Å². The third-order valence-electron chi connectivity index (χ3n) is 4.01. The lowest BCUT2D eigenvalue weighted by atomic mass is 10.1. The Morgan fingerprint density at radius 1 is 1.19 bits per heavy atom. The van der Waals surface area contributed by atoms with Crippen LogP contribution in [0.5, 0.6) is 0 Å². The first-order valence-corrected chi connectivity index (χ1v) is 9.56. The molecule has 2 rings (SSSR count). The molecule has 0 spiro atoms. The first-order valence-electron chi connectivity index (χ1n) is 8.01. The van der Waals surface area contributed by atoms with Gasteiger partial charge in [0.25, 0.3) is 0 Å². The van der Waals surface area contributed by atoms with Crippen LogP contribution in [-0.2, 0) is 22.6 Å². The molecular weight excluding hydrogens is 439 g/mol. The number of hydrogen-bond donors (Lipinski definition) is 1. The molecule has 1 atom stereocenters. The van der Waals surface area contributed by atoms with Gasteiger partial charge in [-0.3, -0.25) is 9.59 Å². The van der Waals surface area contributed by atoms with Crippen molar-refractivity contribution in [2.75, 3.05) is 7.05 Å². The van der Waals surface area contributed by atoms with Crippen LogP contribution in [-0.4, -0.2) is 29.8 Å². The van der Waals surface area contributed by atoms with E-state index in [0.29, 0.717) is 22.2 Å². The summed E-state index contributed by atoms with van der Waals surface area (Å²) < 4.78 is 0.913. The Kier molecular flexibility index (Phi) is 7.50. The number of carbonyl (C=O) groups excluding carboxylic acids is 2. The molecule has 0 fully saturated rings. The Morgan fingerprint density at radius 2 is 1.92 bits per heavy atom. The summed E-state index contributed by atoms with van der Waals surface area (Å²) in [5.74, 6) is -0.416. The van der Waals surface area contributed by atoms with Crippen LogP contribution in [0.2, 0.25) is 10.0 Å². The summed E-state index contributed by atoms with van der Waals surface area (Å²) in [6.07, 6.45) is 0.0886. The van der Waals surface area contributed by atoms with Gasteiger partial charge in [-0.15, -0.1) is 0 Å². The molecule has 138 valence electrons. The molecule has 0 saturated carbocycles. The molecule has 0 aliphatic heterocycles. The number of rotatable bonds is 6. The van der Waals surface area contributed by atoms with Gasteiger partial charge in [0.15, 0.2) is 0 Å². The molecule has 0 bridgehead atoms. The lowest BCUT2D eigenvalue weighted by Gasteiger charge is -2.28. The summed E-state index contributed by atoms with van der Waals surface area (Å²) in [5.41, 5.74) is 1.59. The second-order valence-corrected chi connectivity index (χ2v) is 7.61. The average Bonchev–Trinajstić information content (AvgIpc) is 2.60. The van der Waals surface area contributed by atoms with Crippen LogP contribution >= 0.6 is 39.1 Å². The van der Waals surface area contributed by atoms with Crippen LogP contribution in [0.1, 0.15) is 18.1 Å². The molecule has 4 nitrogen and oxygen atoms in total. The topological polar surface area (TPSA) is 49.4 Å². The van der Waals surface area contributed by atoms with Gasteiger partial charge in [0.2, 0.25) is 11.8 Å². The molecule has 2 amide bonds. The van der Waals surface area contributed by atoms with Gasteiger partial charge >= 0.3 is 0 Å². The second kappa shape index (κ2) is 9.40. The van der Waals surface area contributed by atoms with Gasteiger partial charge in [0.1, 0.15) is 6.04 Å². The molecule has 2 aromatic rings. The quantitative estimate of drug-likeness (QED) is 0.695. The van der Waals surface area contributed by atoms with Crippen LogP contribution in [0, 0.1) is 0 Å². The molecule has 0 radical (unpaired) electrons. The number of nitrogens with zero attached hydrogens (tertiary/aromatic N) is 1. The van der Waals surface area contributed by atoms with Gasteiger partial charge in [-0.1, -0.05) is 57.3 Å². The smallest absolute Gasteiger partial charge is 0.242 e. The average molecular weight is 458 g/mol. The van der Waals surface area contributed by atoms with E-state index in [-0.39, 0.29) is 18.2 Å². The molecule has 26 heavy (non-hydrogen) atoms. The highest BCUT2D eigenvalue weighted by Gasteiger charge is 2.26. The SMILES string of the molecule is CNC(=O)[C@H](C)N(Cc1cccc(Br)c1)C(=O)Cc1ccc(Cl)cc1Cl. The van der Waals surface area contributed by atoms with Gasteiger partial charge in [-0.25, -0.2) is 0 Å². The van der Waals surface area contributed by atoms with Gasteiger partial charge < -0.3 is 10.2 Å². The number of benzene rings is 2. The van der Waals surface area contributed by atoms with Crippen molar-refractivity contribution in [1.29, 1.82) is 0 Å². The van der Waals surface area contributed by atoms with Crippen molar-refractivity contribution in [3.05, 3.63) is 68.1 Å². The van der Waals surface area contributed by atoms with Crippen molar-refractivity contribution < 1.29 is 9.59 Å². The van der Waals surface area contributed by atoms with Crippen LogP contribution in [0.25, 0.3) is 0 Å². The van der Waals surface area contributed by atoms with E-state index in [0.717, 1.165) is 10.0 Å². The lowest BCUT2D eigenvalue weighted by molar-refractivity contribution is -0.139. The van der Waals surface area contributed by atoms with Crippen molar-refractivity contribution in [2.45, 2.75) is 25.9 Å². The summed E-state index contributed by atoms with van der Waals surface area (Å²) >= 11 is 15.5. The molecule has 0 saturated heterocycles. The number of nitrogens with one attached hydrogen (secondary N) is 1. The summed E-state index contributed by atoms with van der Waals surface area (Å²) in [6.45, 7) is 2.02. The third-order valence-corrected chi connectivity index (χ3v) is 5.09. The van der Waals surface area contributed by atoms with Crippen molar-refractivity contribution in [3.8, 4) is 0 Å². The third kappa shape index (κ3) is 5.47. The summed E-state index contributed by atoms with van der Waals surface area (Å²) in [7, 11) is 1.55. The highest BCUT2D eigenvalue weighted by molar-refractivity contribution is 9.10. The molecule has 0 unspecified atom stereocenters. The Morgan fingerprint density at radius 3 is 2.54 bits per heavy atom. The first-order chi connectivity index (χ1) is 12.3. The zero-order valence-corrected chi connectivity index (χ0v) is 17.5. The summed E-state index contributed by atoms with van der Waals surface area (Å²) in [5, 5.41) is 3.54. The summed E-state index contributed by atoms with van der Waals surface area (Å²) in [4.78, 5) is 26.6. The monoisotopic (exact) mass is 456 g/mol. The van der Waals surface area contributed by atoms with Gasteiger partial charge in [0.05, 0.1) is 6.42 Å². The van der Waals surface area contributed by atoms with E-state index in [1.54, 1.807) is 37.1 Å². The second-order valence-electron chi connectivity index (χ2n) is 5.85. The normalized spacial score (nSPS) is 11.7. The van der Waals surface area contributed by atoms with Crippen LogP contribution in [0.3, 0.4) is 0 Å². The maximum Gasteiger partial charge on any atom is 0.242 e. The molecule has 7 heteroatoms. The van der Waals surface area contributed by atoms with E-state index in [4.69, 9.17) is 23.2 Å². The van der Waals surface area contributed by atoms with E-state index in [9.17, 15) is 9.59 Å². The fraction of sp³-hybridized carbons (Fsp3) is 0.263. The lowest BCUT2D eigenvalue weighted by Crippen LogP contribution is -2.47. The zero-order valence-electron chi connectivity index (χ0n) is 14.4. The fourth-order valence-electron chi connectivity index (χ4n) is 2.55. The van der Waals surface area contributed by atoms with Gasteiger partial charge in [0, 0.05) is 28.1 Å². The Hall–Kier alpha value is -1.56. The minimum atomic E-state index is -0.613. The minimum absolute atomic E-state index is 0.0886. The molecule has 1 N–H and O–H groups in total. The summed E-state index contributed by atoms with van der Waals surface area (Å²) in [6, 6.07) is 12.0. The first kappa shape index (κ1) is 20.7. The number of halogens is 3. The molecule has 0 aromatic heterocycles. The standard InChI is InChI=1S/C19H19BrCl2N2O2/c1-12(19(26)23-2)24(11-13-4-3-5-15(20)8-13)18(25)9-14-6-7-16(21)10-17(14)22/h3-8,10,12H,9,11H2,1-2H3,(H,23,26)/t12-/m0/s1. The Labute approximate surface area is 171 Å². The molecule has 0 aliphatic rings. The molecule has 0 heterocycles. The Balaban J connectivity index is 2.26. The largest absolute Gasteiger partial charge is 0.357 e. The van der Waals surface area contributed by atoms with Gasteiger partial charge in [-0.05, 0) is 42.3 Å². The number of carbonyl (C=O) groups is 2. The molecule has 0 aliphatic carbocycles. The maximum absolute atomic E-state index is 12.9. The minimum Gasteiger partial charge on any atom is -0.357 e. The highest BCUT2D eigenvalue weighted by atomic mass is 79.9.